The van der Waals surface area contributed by atoms with Gasteiger partial charge in [-0.05, 0) is 48.4 Å². The van der Waals surface area contributed by atoms with Crippen molar-refractivity contribution in [3.05, 3.63) is 95.8 Å². The predicted molar refractivity (Wildman–Crippen MR) is 135 cm³/mol. The lowest BCUT2D eigenvalue weighted by molar-refractivity contribution is -0.116. The molecule has 0 aliphatic carbocycles. The highest BCUT2D eigenvalue weighted by Gasteiger charge is 2.38. The van der Waals surface area contributed by atoms with Gasteiger partial charge in [-0.15, -0.1) is 10.2 Å². The van der Waals surface area contributed by atoms with Crippen molar-refractivity contribution < 1.29 is 14.3 Å². The monoisotopic (exact) mass is 487 g/mol. The number of rotatable bonds is 7. The minimum Gasteiger partial charge on any atom is -0.497 e. The number of hydrogen-bond donors (Lipinski definition) is 2. The summed E-state index contributed by atoms with van der Waals surface area (Å²) in [6, 6.07) is 24.6. The van der Waals surface area contributed by atoms with E-state index < -0.39 is 5.25 Å². The number of nitrogens with one attached hydrogen (secondary N) is 2. The lowest BCUT2D eigenvalue weighted by Crippen LogP contribution is -2.41. The Morgan fingerprint density at radius 3 is 2.49 bits per heavy atom. The molecule has 0 unspecified atom stereocenters. The van der Waals surface area contributed by atoms with E-state index in [0.717, 1.165) is 28.3 Å². The third-order valence-corrected chi connectivity index (χ3v) is 6.97. The molecule has 9 heteroatoms. The van der Waals surface area contributed by atoms with Gasteiger partial charge < -0.3 is 20.2 Å². The summed E-state index contributed by atoms with van der Waals surface area (Å²) >= 11 is 1.37. The van der Waals surface area contributed by atoms with Crippen LogP contribution < -0.4 is 20.2 Å². The number of nitrogens with zero attached hydrogens (tertiary/aromatic N) is 3. The largest absolute Gasteiger partial charge is 0.497 e. The quantitative estimate of drug-likeness (QED) is 0.395. The molecule has 0 spiro atoms. The van der Waals surface area contributed by atoms with Gasteiger partial charge in [-0.25, -0.2) is 4.68 Å². The van der Waals surface area contributed by atoms with Crippen LogP contribution in [-0.4, -0.2) is 33.1 Å². The zero-order chi connectivity index (χ0) is 24.2. The number of para-hydroxylation sites is 2. The first-order valence-corrected chi connectivity index (χ1v) is 12.1. The average Bonchev–Trinajstić information content (AvgIpc) is 3.30. The highest BCUT2D eigenvalue weighted by atomic mass is 32.2. The van der Waals surface area contributed by atoms with Crippen molar-refractivity contribution in [2.75, 3.05) is 17.9 Å². The van der Waals surface area contributed by atoms with E-state index in [4.69, 9.17) is 9.47 Å². The van der Waals surface area contributed by atoms with Crippen molar-refractivity contribution in [2.24, 2.45) is 0 Å². The Labute approximate surface area is 207 Å². The molecule has 1 amide bonds. The Hall–Kier alpha value is -3.98. The van der Waals surface area contributed by atoms with Gasteiger partial charge in [0.2, 0.25) is 11.1 Å². The molecule has 2 heterocycles. The van der Waals surface area contributed by atoms with Crippen LogP contribution in [0.1, 0.15) is 23.0 Å². The van der Waals surface area contributed by atoms with Gasteiger partial charge in [0.1, 0.15) is 23.4 Å². The van der Waals surface area contributed by atoms with Gasteiger partial charge in [-0.2, -0.15) is 0 Å². The summed E-state index contributed by atoms with van der Waals surface area (Å²) in [5.41, 5.74) is 6.19. The summed E-state index contributed by atoms with van der Waals surface area (Å²) in [6.07, 6.45) is 0. The van der Waals surface area contributed by atoms with E-state index in [1.54, 1.807) is 11.8 Å². The molecule has 35 heavy (non-hydrogen) atoms. The normalized spacial score (nSPS) is 16.6. The van der Waals surface area contributed by atoms with Crippen LogP contribution in [0.2, 0.25) is 0 Å². The second-order valence-electron chi connectivity index (χ2n) is 8.06. The van der Waals surface area contributed by atoms with Crippen molar-refractivity contribution >= 4 is 23.4 Å². The van der Waals surface area contributed by atoms with Crippen LogP contribution in [0.4, 0.5) is 5.69 Å². The summed E-state index contributed by atoms with van der Waals surface area (Å²) in [6.45, 7) is 2.21. The molecule has 1 aliphatic rings. The molecule has 8 nitrogen and oxygen atoms in total. The van der Waals surface area contributed by atoms with Crippen molar-refractivity contribution in [2.45, 2.75) is 30.0 Å². The Bertz CT molecular complexity index is 1310. The highest BCUT2D eigenvalue weighted by molar-refractivity contribution is 8.00. The van der Waals surface area contributed by atoms with Crippen LogP contribution in [-0.2, 0) is 11.4 Å². The van der Waals surface area contributed by atoms with Crippen LogP contribution in [0.25, 0.3) is 0 Å². The number of aromatic nitrogens is 3. The van der Waals surface area contributed by atoms with E-state index in [9.17, 15) is 4.79 Å². The van der Waals surface area contributed by atoms with Gasteiger partial charge in [-0.3, -0.25) is 4.79 Å². The molecule has 4 aromatic rings. The summed E-state index contributed by atoms with van der Waals surface area (Å²) in [5, 5.41) is 11.8. The molecular weight excluding hydrogens is 462 g/mol. The fraction of sp³-hybridized carbons (Fsp3) is 0.192. The van der Waals surface area contributed by atoms with Gasteiger partial charge in [0.25, 0.3) is 0 Å². The van der Waals surface area contributed by atoms with Crippen molar-refractivity contribution in [3.8, 4) is 11.5 Å². The molecule has 2 atom stereocenters. The number of carbonyl (C=O) groups is 1. The van der Waals surface area contributed by atoms with Crippen molar-refractivity contribution in [1.29, 1.82) is 0 Å². The van der Waals surface area contributed by atoms with Crippen LogP contribution in [0.15, 0.2) is 84.0 Å². The number of ether oxygens (including phenoxy) is 2. The van der Waals surface area contributed by atoms with E-state index in [-0.39, 0.29) is 18.6 Å². The molecule has 178 valence electrons. The topological polar surface area (TPSA) is 90.3 Å². The fourth-order valence-corrected chi connectivity index (χ4v) is 4.93. The van der Waals surface area contributed by atoms with Gasteiger partial charge in [0.05, 0.1) is 13.2 Å². The number of aryl methyl sites for hydroxylation is 1. The van der Waals surface area contributed by atoms with Gasteiger partial charge >= 0.3 is 0 Å². The van der Waals surface area contributed by atoms with E-state index >= 15 is 0 Å². The first-order valence-electron chi connectivity index (χ1n) is 11.2. The maximum absolute atomic E-state index is 13.5. The minimum atomic E-state index is -0.484. The molecule has 1 aliphatic heterocycles. The molecule has 0 saturated carbocycles. The molecule has 0 fully saturated rings. The standard InChI is InChI=1S/C26H25N5O3S/c1-17-8-6-7-11-21(17)27-25(32)24-23(18-12-14-19(33-2)15-13-18)30-31-22(28-29-26(31)35-24)16-34-20-9-4-3-5-10-20/h3-15,23-24,30H,16H2,1-2H3,(H,27,32)/t23-,24+/m1/s1. The highest BCUT2D eigenvalue weighted by Crippen LogP contribution is 2.38. The maximum Gasteiger partial charge on any atom is 0.240 e. The number of amides is 1. The van der Waals surface area contributed by atoms with Gasteiger partial charge in [0, 0.05) is 5.69 Å². The molecular formula is C26H25N5O3S. The van der Waals surface area contributed by atoms with Crippen molar-refractivity contribution in [1.82, 2.24) is 14.9 Å². The second kappa shape index (κ2) is 10.1. The summed E-state index contributed by atoms with van der Waals surface area (Å²) in [7, 11) is 1.63. The van der Waals surface area contributed by atoms with E-state index in [1.807, 2.05) is 85.8 Å². The number of fused-ring (bicyclic) bond motifs is 1. The molecule has 5 rings (SSSR count). The van der Waals surface area contributed by atoms with Gasteiger partial charge in [-0.1, -0.05) is 60.3 Å². The van der Waals surface area contributed by atoms with E-state index in [2.05, 4.69) is 20.9 Å². The third kappa shape index (κ3) is 4.95. The lowest BCUT2D eigenvalue weighted by atomic mass is 10.0. The van der Waals surface area contributed by atoms with Crippen LogP contribution >= 0.6 is 11.8 Å². The Morgan fingerprint density at radius 1 is 1.00 bits per heavy atom. The van der Waals surface area contributed by atoms with Crippen LogP contribution in [0, 0.1) is 6.92 Å². The first kappa shape index (κ1) is 22.8. The molecule has 0 bridgehead atoms. The second-order valence-corrected chi connectivity index (χ2v) is 9.17. The summed E-state index contributed by atoms with van der Waals surface area (Å²) < 4.78 is 13.0. The van der Waals surface area contributed by atoms with Crippen LogP contribution in [0.3, 0.4) is 0 Å². The number of hydrogen-bond acceptors (Lipinski definition) is 7. The molecule has 2 N–H and O–H groups in total. The molecule has 3 aromatic carbocycles. The molecule has 1 aromatic heterocycles. The van der Waals surface area contributed by atoms with Gasteiger partial charge in [0.15, 0.2) is 5.82 Å². The van der Waals surface area contributed by atoms with E-state index in [0.29, 0.717) is 11.0 Å². The first-order chi connectivity index (χ1) is 17.1. The number of carbonyl (C=O) groups excluding carboxylic acids is 1. The fourth-order valence-electron chi connectivity index (χ4n) is 3.84. The number of methoxy groups -OCH3 is 1. The van der Waals surface area contributed by atoms with Crippen molar-refractivity contribution in [3.63, 3.8) is 0 Å². The van der Waals surface area contributed by atoms with Crippen LogP contribution in [0.5, 0.6) is 11.5 Å². The Morgan fingerprint density at radius 2 is 1.74 bits per heavy atom. The number of benzene rings is 3. The summed E-state index contributed by atoms with van der Waals surface area (Å²) in [5.74, 6) is 2.00. The lowest BCUT2D eigenvalue weighted by Gasteiger charge is -2.33. The number of thioether (sulfide) groups is 1. The zero-order valence-electron chi connectivity index (χ0n) is 19.3. The predicted octanol–water partition coefficient (Wildman–Crippen LogP) is 4.57. The molecule has 0 saturated heterocycles. The third-order valence-electron chi connectivity index (χ3n) is 5.75. The molecule has 0 radical (unpaired) electrons. The minimum absolute atomic E-state index is 0.117. The smallest absolute Gasteiger partial charge is 0.240 e. The van der Waals surface area contributed by atoms with E-state index in [1.165, 1.54) is 11.8 Å². The Kier molecular flexibility index (Phi) is 6.58. The maximum atomic E-state index is 13.5. The summed E-state index contributed by atoms with van der Waals surface area (Å²) in [4.78, 5) is 13.5. The average molecular weight is 488 g/mol. The SMILES string of the molecule is COc1ccc([C@H]2Nn3c(COc4ccccc4)nnc3S[C@@H]2C(=O)Nc2ccccc2C)cc1. The Balaban J connectivity index is 1.43. The number of anilines is 1. The zero-order valence-corrected chi connectivity index (χ0v) is 20.2.